The van der Waals surface area contributed by atoms with Gasteiger partial charge < -0.3 is 5.73 Å². The van der Waals surface area contributed by atoms with Gasteiger partial charge in [0.25, 0.3) is 0 Å². The molecule has 20 heavy (non-hydrogen) atoms. The highest BCUT2D eigenvalue weighted by atomic mass is 79.9. The van der Waals surface area contributed by atoms with Crippen LogP contribution in [0.1, 0.15) is 47.7 Å². The number of halogens is 1. The van der Waals surface area contributed by atoms with Gasteiger partial charge in [0.1, 0.15) is 0 Å². The van der Waals surface area contributed by atoms with E-state index < -0.39 is 0 Å². The van der Waals surface area contributed by atoms with Crippen molar-refractivity contribution in [1.29, 1.82) is 0 Å². The molecule has 2 heteroatoms. The molecule has 2 N–H and O–H groups in total. The lowest BCUT2D eigenvalue weighted by Crippen LogP contribution is -2.14. The third-order valence-corrected chi connectivity index (χ3v) is 4.41. The molecule has 0 saturated heterocycles. The molecule has 1 unspecified atom stereocenters. The highest BCUT2D eigenvalue weighted by Crippen LogP contribution is 2.27. The van der Waals surface area contributed by atoms with E-state index in [0.717, 1.165) is 17.3 Å². The van der Waals surface area contributed by atoms with Crippen molar-refractivity contribution in [3.8, 4) is 0 Å². The summed E-state index contributed by atoms with van der Waals surface area (Å²) in [7, 11) is 0. The zero-order chi connectivity index (χ0) is 14.7. The summed E-state index contributed by atoms with van der Waals surface area (Å²) >= 11 is 3.50. The summed E-state index contributed by atoms with van der Waals surface area (Å²) < 4.78 is 1.10. The van der Waals surface area contributed by atoms with Crippen molar-refractivity contribution in [2.75, 3.05) is 0 Å². The van der Waals surface area contributed by atoms with Crippen molar-refractivity contribution in [2.45, 2.75) is 39.7 Å². The van der Waals surface area contributed by atoms with Gasteiger partial charge in [0.15, 0.2) is 0 Å². The van der Waals surface area contributed by atoms with Gasteiger partial charge >= 0.3 is 0 Å². The van der Waals surface area contributed by atoms with Gasteiger partial charge in [-0.05, 0) is 59.7 Å². The van der Waals surface area contributed by atoms with E-state index in [0.29, 0.717) is 0 Å². The third-order valence-electron chi connectivity index (χ3n) is 3.92. The van der Waals surface area contributed by atoms with E-state index in [1.54, 1.807) is 0 Å². The number of hydrogen-bond donors (Lipinski definition) is 1. The minimum absolute atomic E-state index is 0.0562. The Kier molecular flexibility index (Phi) is 5.00. The van der Waals surface area contributed by atoms with Crippen LogP contribution in [0, 0.1) is 6.92 Å². The fourth-order valence-electron chi connectivity index (χ4n) is 2.68. The number of aryl methyl sites for hydroxylation is 3. The van der Waals surface area contributed by atoms with E-state index in [-0.39, 0.29) is 6.04 Å². The van der Waals surface area contributed by atoms with E-state index >= 15 is 0 Å². The number of hydrogen-bond acceptors (Lipinski definition) is 1. The minimum atomic E-state index is -0.0562. The van der Waals surface area contributed by atoms with Crippen LogP contribution in [0.25, 0.3) is 0 Å². The first-order valence-electron chi connectivity index (χ1n) is 7.20. The largest absolute Gasteiger partial charge is 0.320 e. The van der Waals surface area contributed by atoms with Crippen molar-refractivity contribution in [3.05, 3.63) is 68.7 Å². The molecule has 1 atom stereocenters. The molecule has 0 aliphatic rings. The minimum Gasteiger partial charge on any atom is -0.320 e. The van der Waals surface area contributed by atoms with Crippen LogP contribution in [0.2, 0.25) is 0 Å². The predicted octanol–water partition coefficient (Wildman–Crippen LogP) is 4.93. The van der Waals surface area contributed by atoms with Crippen molar-refractivity contribution in [2.24, 2.45) is 5.73 Å². The van der Waals surface area contributed by atoms with Gasteiger partial charge in [-0.3, -0.25) is 0 Å². The lowest BCUT2D eigenvalue weighted by molar-refractivity contribution is 0.854. The average molecular weight is 332 g/mol. The van der Waals surface area contributed by atoms with E-state index in [1.807, 2.05) is 0 Å². The summed E-state index contributed by atoms with van der Waals surface area (Å²) in [6, 6.07) is 12.9. The standard InChI is InChI=1S/C18H22BrN/c1-4-13-6-7-15(11-14(13)5-2)18(20)17-9-8-16(19)10-12(17)3/h6-11,18H,4-5,20H2,1-3H3. The van der Waals surface area contributed by atoms with Crippen LogP contribution in [-0.2, 0) is 12.8 Å². The first kappa shape index (κ1) is 15.3. The zero-order valence-corrected chi connectivity index (χ0v) is 14.0. The van der Waals surface area contributed by atoms with E-state index in [2.05, 4.69) is 73.1 Å². The summed E-state index contributed by atoms with van der Waals surface area (Å²) in [4.78, 5) is 0. The maximum absolute atomic E-state index is 6.47. The Balaban J connectivity index is 2.40. The van der Waals surface area contributed by atoms with E-state index in [1.165, 1.54) is 27.8 Å². The molecule has 0 aliphatic carbocycles. The molecule has 2 aromatic carbocycles. The van der Waals surface area contributed by atoms with Crippen LogP contribution in [0.15, 0.2) is 40.9 Å². The van der Waals surface area contributed by atoms with Gasteiger partial charge in [0, 0.05) is 4.47 Å². The van der Waals surface area contributed by atoms with Crippen LogP contribution >= 0.6 is 15.9 Å². The fourth-order valence-corrected chi connectivity index (χ4v) is 3.16. The summed E-state index contributed by atoms with van der Waals surface area (Å²) in [5, 5.41) is 0. The third kappa shape index (κ3) is 3.13. The lowest BCUT2D eigenvalue weighted by Gasteiger charge is -2.18. The Hall–Kier alpha value is -1.12. The number of rotatable bonds is 4. The Bertz CT molecular complexity index is 604. The second-order valence-corrected chi connectivity index (χ2v) is 6.13. The predicted molar refractivity (Wildman–Crippen MR) is 90.1 cm³/mol. The molecule has 0 amide bonds. The zero-order valence-electron chi connectivity index (χ0n) is 12.4. The van der Waals surface area contributed by atoms with Crippen molar-refractivity contribution in [3.63, 3.8) is 0 Å². The second-order valence-electron chi connectivity index (χ2n) is 5.21. The molecule has 0 heterocycles. The Morgan fingerprint density at radius 2 is 1.70 bits per heavy atom. The van der Waals surface area contributed by atoms with Gasteiger partial charge in [0.2, 0.25) is 0 Å². The van der Waals surface area contributed by atoms with Crippen LogP contribution in [0.4, 0.5) is 0 Å². The molecular formula is C18H22BrN. The molecule has 2 aromatic rings. The molecule has 0 fully saturated rings. The van der Waals surface area contributed by atoms with Crippen LogP contribution in [0.3, 0.4) is 0 Å². The number of benzene rings is 2. The molecule has 0 radical (unpaired) electrons. The van der Waals surface area contributed by atoms with Gasteiger partial charge in [-0.25, -0.2) is 0 Å². The Labute approximate surface area is 130 Å². The smallest absolute Gasteiger partial charge is 0.0554 e. The molecule has 0 aliphatic heterocycles. The van der Waals surface area contributed by atoms with Gasteiger partial charge in [0.05, 0.1) is 6.04 Å². The van der Waals surface area contributed by atoms with Crippen molar-refractivity contribution in [1.82, 2.24) is 0 Å². The van der Waals surface area contributed by atoms with E-state index in [4.69, 9.17) is 5.73 Å². The van der Waals surface area contributed by atoms with Crippen LogP contribution in [0.5, 0.6) is 0 Å². The monoisotopic (exact) mass is 331 g/mol. The van der Waals surface area contributed by atoms with Crippen LogP contribution in [-0.4, -0.2) is 0 Å². The molecule has 106 valence electrons. The Morgan fingerprint density at radius 3 is 2.30 bits per heavy atom. The maximum Gasteiger partial charge on any atom is 0.0554 e. The van der Waals surface area contributed by atoms with Crippen molar-refractivity contribution >= 4 is 15.9 Å². The molecule has 0 saturated carbocycles. The highest BCUT2D eigenvalue weighted by Gasteiger charge is 2.13. The summed E-state index contributed by atoms with van der Waals surface area (Å²) in [5.41, 5.74) is 12.9. The lowest BCUT2D eigenvalue weighted by atomic mass is 9.92. The van der Waals surface area contributed by atoms with Gasteiger partial charge in [-0.1, -0.05) is 54.0 Å². The molecule has 0 spiro atoms. The summed E-state index contributed by atoms with van der Waals surface area (Å²) in [6.45, 7) is 6.52. The van der Waals surface area contributed by atoms with Gasteiger partial charge in [-0.15, -0.1) is 0 Å². The maximum atomic E-state index is 6.47. The van der Waals surface area contributed by atoms with Gasteiger partial charge in [-0.2, -0.15) is 0 Å². The Morgan fingerprint density at radius 1 is 1.00 bits per heavy atom. The molecule has 0 bridgehead atoms. The van der Waals surface area contributed by atoms with Crippen LogP contribution < -0.4 is 5.73 Å². The summed E-state index contributed by atoms with van der Waals surface area (Å²) in [5.74, 6) is 0. The molecule has 1 nitrogen and oxygen atoms in total. The number of nitrogens with two attached hydrogens (primary N) is 1. The SMILES string of the molecule is CCc1ccc(C(N)c2ccc(Br)cc2C)cc1CC. The average Bonchev–Trinajstić information content (AvgIpc) is 2.45. The molecular weight excluding hydrogens is 310 g/mol. The first-order valence-corrected chi connectivity index (χ1v) is 7.99. The molecule has 2 rings (SSSR count). The first-order chi connectivity index (χ1) is 9.56. The second kappa shape index (κ2) is 6.55. The van der Waals surface area contributed by atoms with E-state index in [9.17, 15) is 0 Å². The normalized spacial score (nSPS) is 12.4. The summed E-state index contributed by atoms with van der Waals surface area (Å²) in [6.07, 6.45) is 2.14. The molecule has 0 aromatic heterocycles. The topological polar surface area (TPSA) is 26.0 Å². The fraction of sp³-hybridized carbons (Fsp3) is 0.333. The quantitative estimate of drug-likeness (QED) is 0.844. The highest BCUT2D eigenvalue weighted by molar-refractivity contribution is 9.10. The van der Waals surface area contributed by atoms with Crippen molar-refractivity contribution < 1.29 is 0 Å².